The van der Waals surface area contributed by atoms with Gasteiger partial charge < -0.3 is 10.6 Å². The van der Waals surface area contributed by atoms with E-state index in [2.05, 4.69) is 17.6 Å². The van der Waals surface area contributed by atoms with Crippen LogP contribution in [0.3, 0.4) is 0 Å². The molecule has 1 aliphatic rings. The first kappa shape index (κ1) is 15.3. The highest BCUT2D eigenvalue weighted by atomic mass is 32.2. The normalized spacial score (nSPS) is 19.7. The Hall–Kier alpha value is -0.780. The van der Waals surface area contributed by atoms with Gasteiger partial charge in [-0.15, -0.1) is 0 Å². The third-order valence-corrected chi connectivity index (χ3v) is 4.82. The number of rotatable bonds is 6. The minimum atomic E-state index is -3.05. The van der Waals surface area contributed by atoms with Gasteiger partial charge in [-0.2, -0.15) is 0 Å². The monoisotopic (exact) mass is 276 g/mol. The number of sulfone groups is 1. The summed E-state index contributed by atoms with van der Waals surface area (Å²) in [5.41, 5.74) is 0.275. The Balaban J connectivity index is 2.29. The Kier molecular flexibility index (Phi) is 5.01. The van der Waals surface area contributed by atoms with Gasteiger partial charge in [0.1, 0.15) is 9.84 Å². The fourth-order valence-electron chi connectivity index (χ4n) is 2.37. The fraction of sp³-hybridized carbons (Fsp3) is 0.917. The summed E-state index contributed by atoms with van der Waals surface area (Å²) in [7, 11) is -3.05. The van der Waals surface area contributed by atoms with E-state index in [-0.39, 0.29) is 23.2 Å². The van der Waals surface area contributed by atoms with Crippen LogP contribution in [-0.4, -0.2) is 39.0 Å². The maximum atomic E-state index is 11.6. The Morgan fingerprint density at radius 1 is 1.39 bits per heavy atom. The predicted molar refractivity (Wildman–Crippen MR) is 72.3 cm³/mol. The van der Waals surface area contributed by atoms with Crippen molar-refractivity contribution in [3.63, 3.8) is 0 Å². The minimum absolute atomic E-state index is 0.0284. The van der Waals surface area contributed by atoms with Gasteiger partial charge in [0.2, 0.25) is 0 Å². The first-order valence-corrected chi connectivity index (χ1v) is 8.54. The van der Waals surface area contributed by atoms with E-state index in [9.17, 15) is 13.2 Å². The largest absolute Gasteiger partial charge is 0.338 e. The van der Waals surface area contributed by atoms with Gasteiger partial charge in [-0.1, -0.05) is 13.3 Å². The summed E-state index contributed by atoms with van der Waals surface area (Å²) >= 11 is 0. The van der Waals surface area contributed by atoms with Gasteiger partial charge in [-0.25, -0.2) is 13.2 Å². The van der Waals surface area contributed by atoms with E-state index in [4.69, 9.17) is 0 Å². The summed E-state index contributed by atoms with van der Waals surface area (Å²) in [6.07, 6.45) is 5.82. The number of hydrogen-bond acceptors (Lipinski definition) is 3. The second-order valence-corrected chi connectivity index (χ2v) is 7.71. The van der Waals surface area contributed by atoms with Crippen molar-refractivity contribution in [2.24, 2.45) is 5.41 Å². The molecular formula is C12H24N2O3S. The highest BCUT2D eigenvalue weighted by Crippen LogP contribution is 2.42. The molecule has 0 heterocycles. The first-order chi connectivity index (χ1) is 8.26. The lowest BCUT2D eigenvalue weighted by atomic mass is 9.67. The molecule has 2 N–H and O–H groups in total. The highest BCUT2D eigenvalue weighted by Gasteiger charge is 2.35. The average Bonchev–Trinajstić information content (AvgIpc) is 2.13. The molecule has 1 rings (SSSR count). The van der Waals surface area contributed by atoms with Crippen molar-refractivity contribution in [1.29, 1.82) is 0 Å². The van der Waals surface area contributed by atoms with Crippen molar-refractivity contribution in [2.75, 3.05) is 18.6 Å². The van der Waals surface area contributed by atoms with Gasteiger partial charge >= 0.3 is 6.03 Å². The molecule has 0 saturated heterocycles. The van der Waals surface area contributed by atoms with Gasteiger partial charge in [0, 0.05) is 18.8 Å². The predicted octanol–water partition coefficient (Wildman–Crippen LogP) is 1.30. The van der Waals surface area contributed by atoms with Crippen molar-refractivity contribution in [3.8, 4) is 0 Å². The maximum Gasteiger partial charge on any atom is 0.315 e. The van der Waals surface area contributed by atoms with E-state index in [0.29, 0.717) is 6.54 Å². The summed E-state index contributed by atoms with van der Waals surface area (Å²) in [5.74, 6) is -0.0284. The Morgan fingerprint density at radius 2 is 2.00 bits per heavy atom. The first-order valence-electron chi connectivity index (χ1n) is 6.48. The van der Waals surface area contributed by atoms with E-state index < -0.39 is 9.84 Å². The summed E-state index contributed by atoms with van der Waals surface area (Å²) in [6.45, 7) is 4.52. The van der Waals surface area contributed by atoms with Crippen molar-refractivity contribution in [2.45, 2.75) is 45.6 Å². The van der Waals surface area contributed by atoms with Gasteiger partial charge in [-0.3, -0.25) is 0 Å². The lowest BCUT2D eigenvalue weighted by Gasteiger charge is -2.41. The summed E-state index contributed by atoms with van der Waals surface area (Å²) < 4.78 is 22.1. The number of hydrogen-bond donors (Lipinski definition) is 2. The van der Waals surface area contributed by atoms with E-state index in [1.54, 1.807) is 6.92 Å². The Morgan fingerprint density at radius 3 is 2.39 bits per heavy atom. The molecule has 0 radical (unpaired) electrons. The Labute approximate surface area is 110 Å². The van der Waals surface area contributed by atoms with E-state index in [1.807, 2.05) is 0 Å². The minimum Gasteiger partial charge on any atom is -0.338 e. The number of carbonyl (C=O) groups excluding carboxylic acids is 1. The molecule has 1 saturated carbocycles. The average molecular weight is 276 g/mol. The molecule has 0 bridgehead atoms. The van der Waals surface area contributed by atoms with Gasteiger partial charge in [0.25, 0.3) is 0 Å². The topological polar surface area (TPSA) is 75.3 Å². The van der Waals surface area contributed by atoms with Crippen LogP contribution in [0, 0.1) is 5.41 Å². The molecule has 2 amide bonds. The van der Waals surface area contributed by atoms with Gasteiger partial charge in [-0.05, 0) is 31.6 Å². The van der Waals surface area contributed by atoms with Gasteiger partial charge in [0.05, 0.1) is 5.75 Å². The van der Waals surface area contributed by atoms with Crippen molar-refractivity contribution < 1.29 is 13.2 Å². The fourth-order valence-corrected chi connectivity index (χ4v) is 3.36. The zero-order chi connectivity index (χ0) is 13.8. The van der Waals surface area contributed by atoms with Crippen LogP contribution in [0.25, 0.3) is 0 Å². The molecule has 1 aliphatic carbocycles. The number of amides is 2. The third kappa shape index (κ3) is 4.84. The van der Waals surface area contributed by atoms with Crippen molar-refractivity contribution in [1.82, 2.24) is 10.6 Å². The highest BCUT2D eigenvalue weighted by molar-refractivity contribution is 7.90. The molecule has 106 valence electrons. The summed E-state index contributed by atoms with van der Waals surface area (Å²) in [6, 6.07) is -0.634. The zero-order valence-electron chi connectivity index (χ0n) is 11.5. The van der Waals surface area contributed by atoms with Crippen LogP contribution in [0.4, 0.5) is 4.79 Å². The Bertz CT molecular complexity index is 383. The number of nitrogens with one attached hydrogen (secondary N) is 2. The van der Waals surface area contributed by atoms with Crippen LogP contribution in [0.15, 0.2) is 0 Å². The van der Waals surface area contributed by atoms with Crippen LogP contribution in [0.2, 0.25) is 0 Å². The molecule has 0 aromatic rings. The van der Waals surface area contributed by atoms with Crippen LogP contribution < -0.4 is 10.6 Å². The quantitative estimate of drug-likeness (QED) is 0.768. The number of urea groups is 1. The summed E-state index contributed by atoms with van der Waals surface area (Å²) in [5, 5.41) is 5.50. The molecule has 1 fully saturated rings. The van der Waals surface area contributed by atoms with Crippen LogP contribution in [0.1, 0.15) is 39.5 Å². The molecule has 0 spiro atoms. The zero-order valence-corrected chi connectivity index (χ0v) is 12.3. The molecule has 0 aromatic carbocycles. The second-order valence-electron chi connectivity index (χ2n) is 5.53. The van der Waals surface area contributed by atoms with Crippen LogP contribution >= 0.6 is 0 Å². The molecule has 5 nitrogen and oxygen atoms in total. The molecule has 6 heteroatoms. The molecule has 1 atom stereocenters. The SMILES string of the molecule is CCC1(CNC(=O)N[C@@H](C)CS(C)(=O)=O)CCC1. The lowest BCUT2D eigenvalue weighted by molar-refractivity contribution is 0.126. The van der Waals surface area contributed by atoms with Gasteiger partial charge in [0.15, 0.2) is 0 Å². The number of carbonyl (C=O) groups is 1. The van der Waals surface area contributed by atoms with Crippen molar-refractivity contribution >= 4 is 15.9 Å². The second kappa shape index (κ2) is 5.91. The van der Waals surface area contributed by atoms with E-state index >= 15 is 0 Å². The van der Waals surface area contributed by atoms with E-state index in [1.165, 1.54) is 25.5 Å². The molecule has 0 aromatic heterocycles. The third-order valence-electron chi connectivity index (χ3n) is 3.72. The smallest absolute Gasteiger partial charge is 0.315 e. The maximum absolute atomic E-state index is 11.6. The summed E-state index contributed by atoms with van der Waals surface area (Å²) in [4.78, 5) is 11.6. The van der Waals surface area contributed by atoms with E-state index in [0.717, 1.165) is 6.42 Å². The molecular weight excluding hydrogens is 252 g/mol. The van der Waals surface area contributed by atoms with Crippen LogP contribution in [0.5, 0.6) is 0 Å². The molecule has 0 unspecified atom stereocenters. The standard InChI is InChI=1S/C12H24N2O3S/c1-4-12(6-5-7-12)9-13-11(15)14-10(2)8-18(3,16)17/h10H,4-9H2,1-3H3,(H2,13,14,15)/t10-/m0/s1. The molecule has 0 aliphatic heterocycles. The van der Waals surface area contributed by atoms with Crippen LogP contribution in [-0.2, 0) is 9.84 Å². The lowest BCUT2D eigenvalue weighted by Crippen LogP contribution is -2.48. The molecule has 18 heavy (non-hydrogen) atoms. The van der Waals surface area contributed by atoms with Crippen molar-refractivity contribution in [3.05, 3.63) is 0 Å².